The van der Waals surface area contributed by atoms with Gasteiger partial charge in [-0.15, -0.1) is 0 Å². The fraction of sp³-hybridized carbons (Fsp3) is 0.467. The highest BCUT2D eigenvalue weighted by Crippen LogP contribution is 2.22. The van der Waals surface area contributed by atoms with E-state index >= 15 is 0 Å². The summed E-state index contributed by atoms with van der Waals surface area (Å²) in [5, 5.41) is 11.7. The van der Waals surface area contributed by atoms with Gasteiger partial charge in [0, 0.05) is 18.2 Å². The Morgan fingerprint density at radius 2 is 1.76 bits per heavy atom. The number of carboxylic acids is 1. The summed E-state index contributed by atoms with van der Waals surface area (Å²) in [5.74, 6) is -0.827. The molecule has 0 aromatic heterocycles. The van der Waals surface area contributed by atoms with Gasteiger partial charge in [0.15, 0.2) is 0 Å². The Morgan fingerprint density at radius 1 is 1.19 bits per heavy atom. The average molecular weight is 295 g/mol. The largest absolute Gasteiger partial charge is 0.497 e. The molecule has 116 valence electrons. The Bertz CT molecular complexity index is 479. The molecule has 1 atom stereocenters. The van der Waals surface area contributed by atoms with Gasteiger partial charge >= 0.3 is 5.97 Å². The Hall–Kier alpha value is -2.24. The maximum absolute atomic E-state index is 12.1. The lowest BCUT2D eigenvalue weighted by atomic mass is 10.0. The minimum Gasteiger partial charge on any atom is -0.497 e. The molecule has 0 bridgehead atoms. The number of aliphatic carboxylic acids is 1. The number of carbonyl (C=O) groups excluding carboxylic acids is 1. The smallest absolute Gasteiger partial charge is 0.308 e. The number of carboxylic acid groups (broad SMARTS) is 1. The van der Waals surface area contributed by atoms with Gasteiger partial charge in [-0.2, -0.15) is 0 Å². The number of benzene rings is 1. The van der Waals surface area contributed by atoms with Crippen molar-refractivity contribution in [1.82, 2.24) is 5.32 Å². The first-order valence-electron chi connectivity index (χ1n) is 6.75. The summed E-state index contributed by atoms with van der Waals surface area (Å²) in [4.78, 5) is 23.1. The van der Waals surface area contributed by atoms with Crippen molar-refractivity contribution in [2.45, 2.75) is 19.8 Å². The van der Waals surface area contributed by atoms with E-state index in [1.54, 1.807) is 18.2 Å². The van der Waals surface area contributed by atoms with Crippen LogP contribution in [0, 0.1) is 5.92 Å². The summed E-state index contributed by atoms with van der Waals surface area (Å²) >= 11 is 0. The minimum absolute atomic E-state index is 0.0987. The molecular weight excluding hydrogens is 274 g/mol. The van der Waals surface area contributed by atoms with E-state index in [0.717, 1.165) is 6.42 Å². The summed E-state index contributed by atoms with van der Waals surface area (Å²) in [7, 11) is 3.00. The van der Waals surface area contributed by atoms with E-state index in [-0.39, 0.29) is 12.5 Å². The number of hydrogen-bond donors (Lipinski definition) is 2. The second-order valence-corrected chi connectivity index (χ2v) is 4.64. The zero-order valence-electron chi connectivity index (χ0n) is 12.5. The van der Waals surface area contributed by atoms with Crippen LogP contribution in [-0.2, 0) is 4.79 Å². The first kappa shape index (κ1) is 16.8. The van der Waals surface area contributed by atoms with Gasteiger partial charge in [-0.3, -0.25) is 9.59 Å². The van der Waals surface area contributed by atoms with E-state index in [1.807, 2.05) is 6.92 Å². The van der Waals surface area contributed by atoms with Gasteiger partial charge in [-0.1, -0.05) is 13.3 Å². The Kier molecular flexibility index (Phi) is 6.52. The molecule has 1 rings (SSSR count). The molecule has 0 saturated carbocycles. The highest BCUT2D eigenvalue weighted by Gasteiger charge is 2.18. The lowest BCUT2D eigenvalue weighted by molar-refractivity contribution is -0.141. The van der Waals surface area contributed by atoms with Crippen molar-refractivity contribution in [3.05, 3.63) is 23.8 Å². The predicted molar refractivity (Wildman–Crippen MR) is 77.9 cm³/mol. The van der Waals surface area contributed by atoms with Crippen LogP contribution in [0.5, 0.6) is 11.5 Å². The van der Waals surface area contributed by atoms with Crippen LogP contribution in [0.1, 0.15) is 30.1 Å². The molecule has 6 nitrogen and oxygen atoms in total. The molecule has 0 saturated heterocycles. The van der Waals surface area contributed by atoms with Gasteiger partial charge in [0.1, 0.15) is 11.5 Å². The van der Waals surface area contributed by atoms with Crippen LogP contribution in [0.4, 0.5) is 0 Å². The van der Waals surface area contributed by atoms with Gasteiger partial charge in [0.2, 0.25) is 0 Å². The van der Waals surface area contributed by atoms with Crippen molar-refractivity contribution in [2.75, 3.05) is 20.8 Å². The zero-order valence-corrected chi connectivity index (χ0v) is 12.5. The molecule has 0 spiro atoms. The second-order valence-electron chi connectivity index (χ2n) is 4.64. The maximum atomic E-state index is 12.1. The number of carbonyl (C=O) groups is 2. The molecule has 0 fully saturated rings. The molecule has 0 aliphatic rings. The van der Waals surface area contributed by atoms with Crippen LogP contribution in [0.3, 0.4) is 0 Å². The van der Waals surface area contributed by atoms with E-state index in [0.29, 0.717) is 23.5 Å². The van der Waals surface area contributed by atoms with E-state index < -0.39 is 11.9 Å². The topological polar surface area (TPSA) is 84.9 Å². The molecule has 1 aromatic rings. The molecule has 1 unspecified atom stereocenters. The van der Waals surface area contributed by atoms with Crippen LogP contribution in [-0.4, -0.2) is 37.7 Å². The molecule has 0 aliphatic carbocycles. The average Bonchev–Trinajstić information content (AvgIpc) is 2.50. The SMILES string of the molecule is CCCC(CNC(=O)c1cc(OC)cc(OC)c1)C(=O)O. The van der Waals surface area contributed by atoms with Crippen molar-refractivity contribution in [2.24, 2.45) is 5.92 Å². The Morgan fingerprint density at radius 3 is 2.19 bits per heavy atom. The maximum Gasteiger partial charge on any atom is 0.308 e. The number of ether oxygens (including phenoxy) is 2. The molecular formula is C15H21NO5. The van der Waals surface area contributed by atoms with E-state index in [1.165, 1.54) is 14.2 Å². The summed E-state index contributed by atoms with van der Waals surface area (Å²) in [5.41, 5.74) is 0.367. The van der Waals surface area contributed by atoms with Crippen molar-refractivity contribution < 1.29 is 24.2 Å². The van der Waals surface area contributed by atoms with Crippen LogP contribution in [0.25, 0.3) is 0 Å². The zero-order chi connectivity index (χ0) is 15.8. The molecule has 6 heteroatoms. The molecule has 2 N–H and O–H groups in total. The molecule has 0 aliphatic heterocycles. The molecule has 1 aromatic carbocycles. The Balaban J connectivity index is 2.77. The lowest BCUT2D eigenvalue weighted by Crippen LogP contribution is -2.32. The third kappa shape index (κ3) is 4.98. The van der Waals surface area contributed by atoms with Crippen molar-refractivity contribution >= 4 is 11.9 Å². The van der Waals surface area contributed by atoms with Crippen LogP contribution in [0.15, 0.2) is 18.2 Å². The summed E-state index contributed by atoms with van der Waals surface area (Å²) in [6.45, 7) is 2.01. The molecule has 0 radical (unpaired) electrons. The van der Waals surface area contributed by atoms with Gasteiger partial charge in [-0.25, -0.2) is 0 Å². The standard InChI is InChI=1S/C15H21NO5/c1-4-5-10(15(18)19)9-16-14(17)11-6-12(20-2)8-13(7-11)21-3/h6-8,10H,4-5,9H2,1-3H3,(H,16,17)(H,18,19). The highest BCUT2D eigenvalue weighted by molar-refractivity contribution is 5.95. The summed E-state index contributed by atoms with van der Waals surface area (Å²) in [6, 6.07) is 4.81. The minimum atomic E-state index is -0.902. The highest BCUT2D eigenvalue weighted by atomic mass is 16.5. The van der Waals surface area contributed by atoms with Crippen molar-refractivity contribution in [3.63, 3.8) is 0 Å². The number of nitrogens with one attached hydrogen (secondary N) is 1. The van der Waals surface area contributed by atoms with Crippen molar-refractivity contribution in [3.8, 4) is 11.5 Å². The fourth-order valence-electron chi connectivity index (χ4n) is 1.92. The van der Waals surface area contributed by atoms with Gasteiger partial charge in [0.05, 0.1) is 20.1 Å². The quantitative estimate of drug-likeness (QED) is 0.765. The number of hydrogen-bond acceptors (Lipinski definition) is 4. The number of methoxy groups -OCH3 is 2. The third-order valence-corrected chi connectivity index (χ3v) is 3.11. The fourth-order valence-corrected chi connectivity index (χ4v) is 1.92. The monoisotopic (exact) mass is 295 g/mol. The number of rotatable bonds is 8. The Labute approximate surface area is 124 Å². The molecule has 0 heterocycles. The van der Waals surface area contributed by atoms with E-state index in [2.05, 4.69) is 5.32 Å². The molecule has 1 amide bonds. The van der Waals surface area contributed by atoms with Gasteiger partial charge < -0.3 is 19.9 Å². The first-order chi connectivity index (χ1) is 10.0. The summed E-state index contributed by atoms with van der Waals surface area (Å²) in [6.07, 6.45) is 1.27. The first-order valence-corrected chi connectivity index (χ1v) is 6.75. The van der Waals surface area contributed by atoms with Crippen molar-refractivity contribution in [1.29, 1.82) is 0 Å². The van der Waals surface area contributed by atoms with Gasteiger partial charge in [0.25, 0.3) is 5.91 Å². The summed E-state index contributed by atoms with van der Waals surface area (Å²) < 4.78 is 10.2. The predicted octanol–water partition coefficient (Wildman–Crippen LogP) is 1.93. The second kappa shape index (κ2) is 8.14. The van der Waals surface area contributed by atoms with Crippen LogP contribution >= 0.6 is 0 Å². The normalized spacial score (nSPS) is 11.6. The molecule has 21 heavy (non-hydrogen) atoms. The van der Waals surface area contributed by atoms with E-state index in [9.17, 15) is 9.59 Å². The lowest BCUT2D eigenvalue weighted by Gasteiger charge is -2.13. The van der Waals surface area contributed by atoms with Crippen LogP contribution in [0.2, 0.25) is 0 Å². The van der Waals surface area contributed by atoms with Crippen LogP contribution < -0.4 is 14.8 Å². The van der Waals surface area contributed by atoms with Gasteiger partial charge in [-0.05, 0) is 18.6 Å². The van der Waals surface area contributed by atoms with E-state index in [4.69, 9.17) is 14.6 Å². The number of amides is 1. The third-order valence-electron chi connectivity index (χ3n) is 3.11.